The van der Waals surface area contributed by atoms with E-state index in [4.69, 9.17) is 0 Å². The summed E-state index contributed by atoms with van der Waals surface area (Å²) in [6.07, 6.45) is 4.40. The normalized spacial score (nSPS) is 20.0. The Hall–Kier alpha value is -7.71. The molecule has 3 aromatic carbocycles. The Morgan fingerprint density at radius 2 is 1.48 bits per heavy atom. The van der Waals surface area contributed by atoms with Gasteiger partial charge in [0.25, 0.3) is 0 Å². The molecular weight excluding hydrogens is 1230 g/mol. The highest BCUT2D eigenvalue weighted by molar-refractivity contribution is 7.13. The summed E-state index contributed by atoms with van der Waals surface area (Å²) < 4.78 is 31.4. The van der Waals surface area contributed by atoms with Crippen LogP contribution in [0.4, 0.5) is 26.1 Å². The number of aliphatic hydroxyl groups is 1. The number of likely N-dealkylation sites (tertiary alicyclic amines) is 2. The minimum absolute atomic E-state index is 0.0463. The van der Waals surface area contributed by atoms with Gasteiger partial charge in [-0.05, 0) is 105 Å². The molecule has 0 aliphatic carbocycles. The smallest absolute Gasteiger partial charge is 0.246 e. The van der Waals surface area contributed by atoms with Gasteiger partial charge in [0.1, 0.15) is 41.7 Å². The zero-order valence-corrected chi connectivity index (χ0v) is 56.9. The van der Waals surface area contributed by atoms with Gasteiger partial charge in [0.2, 0.25) is 35.4 Å². The van der Waals surface area contributed by atoms with E-state index in [9.17, 15) is 33.9 Å². The van der Waals surface area contributed by atoms with Crippen LogP contribution in [0.2, 0.25) is 0 Å². The maximum atomic E-state index is 15.8. The van der Waals surface area contributed by atoms with Crippen molar-refractivity contribution in [1.29, 1.82) is 0 Å². The van der Waals surface area contributed by atoms with E-state index in [1.54, 1.807) is 16.2 Å². The number of β-amino-alcohol motifs (C(OH)–C–C–N with tert-alkyl or cyclic N) is 1. The molecule has 512 valence electrons. The number of rotatable bonds is 24. The van der Waals surface area contributed by atoms with E-state index >= 15 is 8.78 Å². The number of benzene rings is 3. The second-order valence-electron chi connectivity index (χ2n) is 28.4. The van der Waals surface area contributed by atoms with E-state index in [0.29, 0.717) is 76.5 Å². The Bertz CT molecular complexity index is 3510. The standard InChI is InChI=1S/C70H95F2N15O7S/c1-46(50-12-14-51(15-13-50)64-47(2)78-45-95-64)79-66(93)57-34-53(88)40-87(57)67(94)65(68(3,4)5)80-61(90)17-16-60(89)73-22-9-23-82-28-30-84(31-29-82)41-62(91)75-38-49-11-8-10-48(32-49)37-74-58-36-59(77-44-76-58)85-26-20-70(21-27-85)43-86(42-63(92)81-70)56-35-54(71)52(33-55(56)72)39-83-24-18-69(6,7)19-25-83/h8,10-15,32-33,35-36,44-46,53,57,65,88H,9,16-31,34,37-43H2,1-7H3,(H,73,89)(H,75,91)(H,79,93)(H,80,90)(H,81,92)(H,74,76,77)/t46-,53+,57-,65+/m0/s1. The highest BCUT2D eigenvalue weighted by Crippen LogP contribution is 2.36. The zero-order valence-electron chi connectivity index (χ0n) is 56.1. The number of thiazole rings is 1. The summed E-state index contributed by atoms with van der Waals surface area (Å²) in [5.41, 5.74) is 6.00. The second kappa shape index (κ2) is 31.0. The van der Waals surface area contributed by atoms with Crippen molar-refractivity contribution >= 4 is 64.1 Å². The third-order valence-corrected chi connectivity index (χ3v) is 20.4. The van der Waals surface area contributed by atoms with Gasteiger partial charge in [-0.15, -0.1) is 11.3 Å². The summed E-state index contributed by atoms with van der Waals surface area (Å²) in [7, 11) is 0. The minimum Gasteiger partial charge on any atom is -0.391 e. The number of aromatic nitrogens is 3. The number of piperidine rings is 2. The van der Waals surface area contributed by atoms with Crippen molar-refractivity contribution in [2.75, 3.05) is 107 Å². The first-order valence-corrected chi connectivity index (χ1v) is 34.4. The van der Waals surface area contributed by atoms with Gasteiger partial charge in [0.05, 0.1) is 52.5 Å². The molecule has 5 aliphatic heterocycles. The molecule has 22 nitrogen and oxygen atoms in total. The molecule has 4 atom stereocenters. The van der Waals surface area contributed by atoms with Crippen LogP contribution >= 0.6 is 11.3 Å². The highest BCUT2D eigenvalue weighted by atomic mass is 32.1. The summed E-state index contributed by atoms with van der Waals surface area (Å²) in [6.45, 7) is 22.6. The largest absolute Gasteiger partial charge is 0.391 e. The molecule has 0 unspecified atom stereocenters. The van der Waals surface area contributed by atoms with Gasteiger partial charge in [-0.2, -0.15) is 0 Å². The quantitative estimate of drug-likeness (QED) is 0.0336. The molecule has 2 aromatic heterocycles. The van der Waals surface area contributed by atoms with Crippen LogP contribution in [0.25, 0.3) is 10.4 Å². The average molecular weight is 1330 g/mol. The number of hydrogen-bond donors (Lipinski definition) is 7. The zero-order chi connectivity index (χ0) is 67.6. The first-order valence-electron chi connectivity index (χ1n) is 33.6. The number of halogens is 2. The number of aryl methyl sites for hydroxylation is 1. The maximum Gasteiger partial charge on any atom is 0.246 e. The van der Waals surface area contributed by atoms with Crippen LogP contribution in [0, 0.1) is 29.4 Å². The van der Waals surface area contributed by atoms with Gasteiger partial charge in [-0.25, -0.2) is 23.7 Å². The number of nitrogens with zero attached hydrogens (tertiary/aromatic N) is 9. The van der Waals surface area contributed by atoms with E-state index in [0.717, 1.165) is 97.3 Å². The lowest BCUT2D eigenvalue weighted by molar-refractivity contribution is -0.144. The molecule has 0 radical (unpaired) electrons. The predicted molar refractivity (Wildman–Crippen MR) is 363 cm³/mol. The van der Waals surface area contributed by atoms with Crippen molar-refractivity contribution < 1.29 is 42.7 Å². The Labute approximate surface area is 560 Å². The number of hydrogen-bond acceptors (Lipinski definition) is 17. The monoisotopic (exact) mass is 1330 g/mol. The van der Waals surface area contributed by atoms with Crippen molar-refractivity contribution in [3.05, 3.63) is 118 Å². The van der Waals surface area contributed by atoms with Crippen LogP contribution in [0.5, 0.6) is 0 Å². The number of carbonyl (C=O) groups excluding carboxylic acids is 6. The first kappa shape index (κ1) is 70.1. The van der Waals surface area contributed by atoms with Crippen LogP contribution in [-0.2, 0) is 48.4 Å². The van der Waals surface area contributed by atoms with Crippen LogP contribution in [-0.4, -0.2) is 190 Å². The predicted octanol–water partition coefficient (Wildman–Crippen LogP) is 6.29. The Morgan fingerprint density at radius 3 is 2.19 bits per heavy atom. The molecule has 7 N–H and O–H groups in total. The van der Waals surface area contributed by atoms with E-state index in [1.165, 1.54) is 23.4 Å². The van der Waals surface area contributed by atoms with E-state index in [1.807, 2.05) is 94.7 Å². The first-order chi connectivity index (χ1) is 45.3. The fourth-order valence-corrected chi connectivity index (χ4v) is 14.3. The summed E-state index contributed by atoms with van der Waals surface area (Å²) in [5, 5.41) is 29.2. The molecule has 0 saturated carbocycles. The van der Waals surface area contributed by atoms with Crippen LogP contribution in [0.1, 0.15) is 127 Å². The number of amides is 6. The fraction of sp³-hybridized carbons (Fsp3) is 0.557. The third kappa shape index (κ3) is 18.9. The van der Waals surface area contributed by atoms with Crippen molar-refractivity contribution in [2.45, 2.75) is 149 Å². The van der Waals surface area contributed by atoms with Gasteiger partial charge in [-0.1, -0.05) is 83.1 Å². The van der Waals surface area contributed by atoms with Gasteiger partial charge in [-0.3, -0.25) is 38.6 Å². The molecule has 7 heterocycles. The molecule has 25 heteroatoms. The van der Waals surface area contributed by atoms with Crippen molar-refractivity contribution in [1.82, 2.24) is 61.1 Å². The number of aliphatic hydroxyl groups excluding tert-OH is 1. The molecular formula is C70H95F2N15O7S. The average Bonchev–Trinajstić information content (AvgIpc) is 0.879. The lowest BCUT2D eigenvalue weighted by Crippen LogP contribution is -2.66. The molecule has 95 heavy (non-hydrogen) atoms. The van der Waals surface area contributed by atoms with Gasteiger partial charge >= 0.3 is 0 Å². The van der Waals surface area contributed by atoms with E-state index < -0.39 is 58.5 Å². The fourth-order valence-electron chi connectivity index (χ4n) is 13.5. The van der Waals surface area contributed by atoms with Crippen LogP contribution in [0.3, 0.4) is 0 Å². The number of anilines is 3. The summed E-state index contributed by atoms with van der Waals surface area (Å²) in [4.78, 5) is 107. The number of piperazine rings is 2. The summed E-state index contributed by atoms with van der Waals surface area (Å²) in [5.74, 6) is -1.47. The molecule has 5 aliphatic rings. The van der Waals surface area contributed by atoms with E-state index in [2.05, 4.69) is 80.3 Å². The molecule has 0 bridgehead atoms. The van der Waals surface area contributed by atoms with Crippen LogP contribution in [0.15, 0.2) is 78.6 Å². The topological polar surface area (TPSA) is 253 Å². The van der Waals surface area contributed by atoms with Crippen molar-refractivity contribution in [2.24, 2.45) is 10.8 Å². The summed E-state index contributed by atoms with van der Waals surface area (Å²) in [6, 6.07) is 18.1. The Balaban J connectivity index is 0.588. The second-order valence-corrected chi connectivity index (χ2v) is 29.3. The number of nitrogens with one attached hydrogen (secondary N) is 6. The van der Waals surface area contributed by atoms with Crippen molar-refractivity contribution in [3.63, 3.8) is 0 Å². The summed E-state index contributed by atoms with van der Waals surface area (Å²) >= 11 is 1.56. The minimum atomic E-state index is -1.01. The van der Waals surface area contributed by atoms with Crippen LogP contribution < -0.4 is 41.7 Å². The van der Waals surface area contributed by atoms with Gasteiger partial charge < -0.3 is 56.6 Å². The maximum absolute atomic E-state index is 15.8. The Morgan fingerprint density at radius 1 is 0.779 bits per heavy atom. The molecule has 10 rings (SSSR count). The van der Waals surface area contributed by atoms with Crippen molar-refractivity contribution in [3.8, 4) is 10.4 Å². The Kier molecular flexibility index (Phi) is 22.9. The lowest BCUT2D eigenvalue weighted by atomic mass is 9.82. The van der Waals surface area contributed by atoms with E-state index in [-0.39, 0.29) is 73.8 Å². The van der Waals surface area contributed by atoms with Gasteiger partial charge in [0, 0.05) is 115 Å². The number of carbonyl (C=O) groups is 6. The molecule has 6 amide bonds. The molecule has 5 fully saturated rings. The highest BCUT2D eigenvalue weighted by Gasteiger charge is 2.46. The molecule has 1 spiro atoms. The third-order valence-electron chi connectivity index (χ3n) is 19.4. The van der Waals surface area contributed by atoms with Gasteiger partial charge in [0.15, 0.2) is 0 Å². The molecule has 5 aromatic rings. The molecule has 5 saturated heterocycles. The lowest BCUT2D eigenvalue weighted by Gasteiger charge is -2.48. The SMILES string of the molecule is Cc1ncsc1-c1ccc([C@H](C)NC(=O)[C@@H]2C[C@@H](O)CN2C(=O)[C@@H](NC(=O)CCC(=O)NCCCN2CCN(CC(=O)NCc3cccc(CNc4cc(N5CCC6(CC5)CN(c5cc(F)c(CN7CCC(C)(C)CC7)cc5F)CC(=O)N6)ncn4)c3)CC2)C(C)(C)C)cc1.